The molecule has 1 aliphatic heterocycles. The predicted molar refractivity (Wildman–Crippen MR) is 84.9 cm³/mol. The Balaban J connectivity index is 2.26. The van der Waals surface area contributed by atoms with Crippen molar-refractivity contribution in [1.82, 2.24) is 4.98 Å². The minimum atomic E-state index is -0.892. The number of hydrogen-bond acceptors (Lipinski definition) is 3. The number of hydrogen-bond donors (Lipinski definition) is 1. The number of aryl methyl sites for hydroxylation is 1. The van der Waals surface area contributed by atoms with E-state index in [4.69, 9.17) is 0 Å². The second-order valence-electron chi connectivity index (χ2n) is 6.54. The maximum atomic E-state index is 11.2. The van der Waals surface area contributed by atoms with Crippen molar-refractivity contribution in [2.75, 3.05) is 18.0 Å². The van der Waals surface area contributed by atoms with Gasteiger partial charge in [0.05, 0.1) is 5.56 Å². The molecule has 4 nitrogen and oxygen atoms in total. The lowest BCUT2D eigenvalue weighted by Gasteiger charge is -2.33. The van der Waals surface area contributed by atoms with Gasteiger partial charge in [-0.1, -0.05) is 39.3 Å². The molecule has 0 radical (unpaired) electrons. The topological polar surface area (TPSA) is 53.4 Å². The maximum absolute atomic E-state index is 11.2. The molecule has 1 aromatic rings. The van der Waals surface area contributed by atoms with Crippen LogP contribution in [0.15, 0.2) is 23.8 Å². The van der Waals surface area contributed by atoms with E-state index in [9.17, 15) is 9.90 Å². The molecule has 0 bridgehead atoms. The first-order valence-corrected chi connectivity index (χ1v) is 7.50. The standard InChI is InChI=1S/C17H24N2O2/c1-5-14-10-12(16(20)21)11-15(18-14)19-8-6-13(7-9-19)17(2,3)4/h6,10-11H,5,7-9H2,1-4H3,(H,20,21). The van der Waals surface area contributed by atoms with Crippen LogP contribution in [0.5, 0.6) is 0 Å². The van der Waals surface area contributed by atoms with Gasteiger partial charge in [0.15, 0.2) is 0 Å². The summed E-state index contributed by atoms with van der Waals surface area (Å²) >= 11 is 0. The Labute approximate surface area is 126 Å². The van der Waals surface area contributed by atoms with E-state index in [2.05, 4.69) is 36.7 Å². The molecule has 2 heterocycles. The Morgan fingerprint density at radius 1 is 1.38 bits per heavy atom. The van der Waals surface area contributed by atoms with E-state index in [0.29, 0.717) is 5.56 Å². The summed E-state index contributed by atoms with van der Waals surface area (Å²) in [6, 6.07) is 3.34. The molecule has 0 atom stereocenters. The molecule has 0 spiro atoms. The van der Waals surface area contributed by atoms with E-state index in [1.54, 1.807) is 12.1 Å². The molecule has 0 unspecified atom stereocenters. The molecule has 0 saturated carbocycles. The van der Waals surface area contributed by atoms with Crippen LogP contribution in [0.1, 0.15) is 50.2 Å². The third-order valence-electron chi connectivity index (χ3n) is 3.97. The van der Waals surface area contributed by atoms with Crippen molar-refractivity contribution in [3.8, 4) is 0 Å². The SMILES string of the molecule is CCc1cc(C(=O)O)cc(N2CC=C(C(C)(C)C)CC2)n1. The number of carboxylic acids is 1. The van der Waals surface area contributed by atoms with E-state index in [0.717, 1.165) is 37.4 Å². The lowest BCUT2D eigenvalue weighted by Crippen LogP contribution is -2.32. The van der Waals surface area contributed by atoms with Crippen LogP contribution in [-0.2, 0) is 6.42 Å². The molecule has 1 aromatic heterocycles. The van der Waals surface area contributed by atoms with E-state index in [1.807, 2.05) is 6.92 Å². The van der Waals surface area contributed by atoms with Crippen LogP contribution in [0.4, 0.5) is 5.82 Å². The molecule has 0 aliphatic carbocycles. The normalized spacial score (nSPS) is 15.8. The highest BCUT2D eigenvalue weighted by Gasteiger charge is 2.22. The van der Waals surface area contributed by atoms with Gasteiger partial charge < -0.3 is 10.0 Å². The van der Waals surface area contributed by atoms with E-state index in [-0.39, 0.29) is 5.41 Å². The third-order valence-corrected chi connectivity index (χ3v) is 3.97. The summed E-state index contributed by atoms with van der Waals surface area (Å²) < 4.78 is 0. The van der Waals surface area contributed by atoms with Gasteiger partial charge in [-0.3, -0.25) is 0 Å². The Kier molecular flexibility index (Phi) is 4.35. The number of anilines is 1. The van der Waals surface area contributed by atoms with Crippen LogP contribution >= 0.6 is 0 Å². The van der Waals surface area contributed by atoms with E-state index < -0.39 is 5.97 Å². The Hall–Kier alpha value is -1.84. The van der Waals surface area contributed by atoms with Gasteiger partial charge in [0.25, 0.3) is 0 Å². The highest BCUT2D eigenvalue weighted by atomic mass is 16.4. The fourth-order valence-corrected chi connectivity index (χ4v) is 2.60. The lowest BCUT2D eigenvalue weighted by molar-refractivity contribution is 0.0696. The van der Waals surface area contributed by atoms with E-state index >= 15 is 0 Å². The van der Waals surface area contributed by atoms with Gasteiger partial charge in [0.2, 0.25) is 0 Å². The molecule has 1 aliphatic rings. The number of carboxylic acid groups (broad SMARTS) is 1. The first kappa shape index (κ1) is 15.5. The molecule has 0 aromatic carbocycles. The summed E-state index contributed by atoms with van der Waals surface area (Å²) in [4.78, 5) is 18.0. The Morgan fingerprint density at radius 2 is 2.10 bits per heavy atom. The quantitative estimate of drug-likeness (QED) is 0.865. The molecular weight excluding hydrogens is 264 g/mol. The van der Waals surface area contributed by atoms with Gasteiger partial charge in [0.1, 0.15) is 5.82 Å². The highest BCUT2D eigenvalue weighted by Crippen LogP contribution is 2.31. The zero-order chi connectivity index (χ0) is 15.6. The van der Waals surface area contributed by atoms with Crippen LogP contribution in [0.3, 0.4) is 0 Å². The first-order valence-electron chi connectivity index (χ1n) is 7.50. The summed E-state index contributed by atoms with van der Waals surface area (Å²) in [5.41, 5.74) is 2.82. The second-order valence-corrected chi connectivity index (χ2v) is 6.54. The van der Waals surface area contributed by atoms with Crippen molar-refractivity contribution in [3.05, 3.63) is 35.0 Å². The molecule has 4 heteroatoms. The zero-order valence-corrected chi connectivity index (χ0v) is 13.3. The lowest BCUT2D eigenvalue weighted by atomic mass is 9.83. The summed E-state index contributed by atoms with van der Waals surface area (Å²) in [7, 11) is 0. The molecule has 21 heavy (non-hydrogen) atoms. The fourth-order valence-electron chi connectivity index (χ4n) is 2.60. The third kappa shape index (κ3) is 3.63. The van der Waals surface area contributed by atoms with Crippen molar-refractivity contribution in [2.45, 2.75) is 40.5 Å². The second kappa shape index (κ2) is 5.88. The number of rotatable bonds is 3. The van der Waals surface area contributed by atoms with Crippen molar-refractivity contribution in [1.29, 1.82) is 0 Å². The molecule has 114 valence electrons. The van der Waals surface area contributed by atoms with Crippen molar-refractivity contribution in [3.63, 3.8) is 0 Å². The minimum absolute atomic E-state index is 0.205. The van der Waals surface area contributed by atoms with Crippen LogP contribution < -0.4 is 4.90 Å². The average molecular weight is 288 g/mol. The van der Waals surface area contributed by atoms with Crippen LogP contribution in [-0.4, -0.2) is 29.1 Å². The van der Waals surface area contributed by atoms with Gasteiger partial charge in [-0.15, -0.1) is 0 Å². The number of pyridine rings is 1. The molecule has 0 amide bonds. The summed E-state index contributed by atoms with van der Waals surface area (Å²) in [6.07, 6.45) is 4.00. The highest BCUT2D eigenvalue weighted by molar-refractivity contribution is 5.88. The van der Waals surface area contributed by atoms with E-state index in [1.165, 1.54) is 5.57 Å². The predicted octanol–water partition coefficient (Wildman–Crippen LogP) is 3.52. The smallest absolute Gasteiger partial charge is 0.335 e. The van der Waals surface area contributed by atoms with Gasteiger partial charge in [-0.2, -0.15) is 0 Å². The molecule has 0 saturated heterocycles. The molecular formula is C17H24N2O2. The monoisotopic (exact) mass is 288 g/mol. The number of carbonyl (C=O) groups is 1. The van der Waals surface area contributed by atoms with Crippen molar-refractivity contribution >= 4 is 11.8 Å². The summed E-state index contributed by atoms with van der Waals surface area (Å²) in [6.45, 7) is 10.4. The van der Waals surface area contributed by atoms with Crippen LogP contribution in [0.2, 0.25) is 0 Å². The maximum Gasteiger partial charge on any atom is 0.335 e. The summed E-state index contributed by atoms with van der Waals surface area (Å²) in [5.74, 6) is -0.118. The fraction of sp³-hybridized carbons (Fsp3) is 0.529. The Bertz CT molecular complexity index is 571. The van der Waals surface area contributed by atoms with Gasteiger partial charge >= 0.3 is 5.97 Å². The first-order chi connectivity index (χ1) is 9.81. The zero-order valence-electron chi connectivity index (χ0n) is 13.3. The van der Waals surface area contributed by atoms with Crippen molar-refractivity contribution in [2.24, 2.45) is 5.41 Å². The number of aromatic nitrogens is 1. The van der Waals surface area contributed by atoms with Gasteiger partial charge in [-0.05, 0) is 30.4 Å². The van der Waals surface area contributed by atoms with Gasteiger partial charge in [-0.25, -0.2) is 9.78 Å². The van der Waals surface area contributed by atoms with Crippen LogP contribution in [0, 0.1) is 5.41 Å². The summed E-state index contributed by atoms with van der Waals surface area (Å²) in [5, 5.41) is 9.22. The number of aromatic carboxylic acids is 1. The largest absolute Gasteiger partial charge is 0.478 e. The molecule has 1 N–H and O–H groups in total. The molecule has 2 rings (SSSR count). The Morgan fingerprint density at radius 3 is 2.57 bits per heavy atom. The van der Waals surface area contributed by atoms with Crippen LogP contribution in [0.25, 0.3) is 0 Å². The molecule has 0 fully saturated rings. The van der Waals surface area contributed by atoms with Crippen molar-refractivity contribution < 1.29 is 9.90 Å². The van der Waals surface area contributed by atoms with Gasteiger partial charge in [0, 0.05) is 18.8 Å². The average Bonchev–Trinajstić information content (AvgIpc) is 2.46. The minimum Gasteiger partial charge on any atom is -0.478 e. The number of nitrogens with zero attached hydrogens (tertiary/aromatic N) is 2.